The fraction of sp³-hybridized carbons (Fsp3) is 0.0909. The lowest BCUT2D eigenvalue weighted by atomic mass is 10.2. The molecule has 0 heterocycles. The smallest absolute Gasteiger partial charge is 0.272 e. The van der Waals surface area contributed by atoms with Crippen molar-refractivity contribution in [3.8, 4) is 5.75 Å². The summed E-state index contributed by atoms with van der Waals surface area (Å²) >= 11 is 0. The Morgan fingerprint density at radius 3 is 2.33 bits per heavy atom. The molecule has 2 rings (SSSR count). The van der Waals surface area contributed by atoms with Gasteiger partial charge in [0, 0.05) is 5.69 Å². The third-order valence-electron chi connectivity index (χ3n) is 2.11. The van der Waals surface area contributed by atoms with Crippen LogP contribution in [0.3, 0.4) is 0 Å². The van der Waals surface area contributed by atoms with E-state index in [2.05, 4.69) is 5.32 Å². The largest absolute Gasteiger partial charge is 0.491 e. The van der Waals surface area contributed by atoms with E-state index in [4.69, 9.17) is 4.74 Å². The fourth-order valence-corrected chi connectivity index (χ4v) is 1.34. The Bertz CT molecular complexity index is 538. The van der Waals surface area contributed by atoms with E-state index in [1.165, 1.54) is 7.11 Å². The first-order valence-corrected chi connectivity index (χ1v) is 4.43. The Labute approximate surface area is 85.8 Å². The topological polar surface area (TPSA) is 55.4 Å². The molecule has 2 aromatic rings. The van der Waals surface area contributed by atoms with Gasteiger partial charge in [-0.1, -0.05) is 18.2 Å². The molecule has 0 spiro atoms. The van der Waals surface area contributed by atoms with Gasteiger partial charge >= 0.3 is 0 Å². The summed E-state index contributed by atoms with van der Waals surface area (Å²) in [4.78, 5) is 22.2. The molecule has 0 amide bonds. The highest BCUT2D eigenvalue weighted by atomic mass is 16.5. The second-order valence-electron chi connectivity index (χ2n) is 3.06. The summed E-state index contributed by atoms with van der Waals surface area (Å²) in [6, 6.07) is 9.14. The van der Waals surface area contributed by atoms with Crippen molar-refractivity contribution < 1.29 is 4.74 Å². The van der Waals surface area contributed by atoms with Crippen molar-refractivity contribution in [1.29, 1.82) is 0 Å². The van der Waals surface area contributed by atoms with Gasteiger partial charge in [0.25, 0.3) is 10.9 Å². The Balaban J connectivity index is 2.30. The van der Waals surface area contributed by atoms with Gasteiger partial charge in [0.15, 0.2) is 5.75 Å². The number of benzene rings is 1. The number of methoxy groups -OCH3 is 1. The number of para-hydroxylation sites is 1. The van der Waals surface area contributed by atoms with Crippen LogP contribution in [0.1, 0.15) is 0 Å². The lowest BCUT2D eigenvalue weighted by Gasteiger charge is -2.11. The third kappa shape index (κ3) is 1.50. The van der Waals surface area contributed by atoms with Crippen LogP contribution in [-0.4, -0.2) is 7.11 Å². The van der Waals surface area contributed by atoms with E-state index in [1.807, 2.05) is 18.2 Å². The van der Waals surface area contributed by atoms with Crippen molar-refractivity contribution in [2.24, 2.45) is 0 Å². The summed E-state index contributed by atoms with van der Waals surface area (Å²) in [6.45, 7) is 0. The molecule has 0 atom stereocenters. The fourth-order valence-electron chi connectivity index (χ4n) is 1.34. The first-order chi connectivity index (χ1) is 7.24. The van der Waals surface area contributed by atoms with E-state index in [-0.39, 0.29) is 11.4 Å². The molecule has 1 N–H and O–H groups in total. The van der Waals surface area contributed by atoms with Crippen molar-refractivity contribution in [3.63, 3.8) is 0 Å². The number of rotatable bonds is 3. The first-order valence-electron chi connectivity index (χ1n) is 4.43. The molecule has 76 valence electrons. The Hall–Kier alpha value is -2.10. The maximum atomic E-state index is 11.2. The Kier molecular flexibility index (Phi) is 2.25. The number of hydrogen-bond donors (Lipinski definition) is 1. The molecule has 4 nitrogen and oxygen atoms in total. The van der Waals surface area contributed by atoms with E-state index >= 15 is 0 Å². The standard InChI is InChI=1S/C11H9NO3/c1-15-11-8(9(13)10(11)14)12-7-5-3-2-4-6-7/h2-6,12H,1H3. The van der Waals surface area contributed by atoms with Gasteiger partial charge in [0.1, 0.15) is 5.69 Å². The molecule has 0 saturated heterocycles. The van der Waals surface area contributed by atoms with Crippen molar-refractivity contribution >= 4 is 11.4 Å². The van der Waals surface area contributed by atoms with Gasteiger partial charge in [-0.05, 0) is 12.1 Å². The summed E-state index contributed by atoms with van der Waals surface area (Å²) in [5.41, 5.74) is -0.122. The quantitative estimate of drug-likeness (QED) is 0.757. The summed E-state index contributed by atoms with van der Waals surface area (Å²) in [6.07, 6.45) is 0. The molecular formula is C11H9NO3. The maximum absolute atomic E-state index is 11.2. The lowest BCUT2D eigenvalue weighted by molar-refractivity contribution is 0.408. The average Bonchev–Trinajstić information content (AvgIpc) is 2.29. The number of anilines is 2. The Morgan fingerprint density at radius 2 is 1.73 bits per heavy atom. The van der Waals surface area contributed by atoms with Crippen LogP contribution in [0, 0.1) is 0 Å². The molecule has 0 unspecified atom stereocenters. The minimum absolute atomic E-state index is 0.101. The molecule has 15 heavy (non-hydrogen) atoms. The highest BCUT2D eigenvalue weighted by molar-refractivity contribution is 5.69. The number of nitrogens with one attached hydrogen (secondary N) is 1. The zero-order valence-electron chi connectivity index (χ0n) is 8.11. The second-order valence-corrected chi connectivity index (χ2v) is 3.06. The molecule has 0 aromatic heterocycles. The van der Waals surface area contributed by atoms with Gasteiger partial charge in [-0.3, -0.25) is 9.59 Å². The van der Waals surface area contributed by atoms with Gasteiger partial charge in [-0.15, -0.1) is 0 Å². The molecule has 0 aliphatic heterocycles. The summed E-state index contributed by atoms with van der Waals surface area (Å²) < 4.78 is 4.80. The van der Waals surface area contributed by atoms with Crippen LogP contribution < -0.4 is 20.9 Å². The zero-order chi connectivity index (χ0) is 10.8. The summed E-state index contributed by atoms with van der Waals surface area (Å²) in [7, 11) is 1.37. The normalized spacial score (nSPS) is 10.2. The van der Waals surface area contributed by atoms with E-state index in [0.29, 0.717) is 0 Å². The molecule has 2 aromatic carbocycles. The summed E-state index contributed by atoms with van der Waals surface area (Å²) in [5, 5.41) is 2.84. The SMILES string of the molecule is COc1c(Nc2ccccc2)c(=O)c1=O. The maximum Gasteiger partial charge on any atom is 0.272 e. The van der Waals surface area contributed by atoms with Crippen LogP contribution in [0.25, 0.3) is 0 Å². The van der Waals surface area contributed by atoms with Gasteiger partial charge in [0.2, 0.25) is 0 Å². The summed E-state index contributed by atoms with van der Waals surface area (Å²) in [5.74, 6) is 0.101. The monoisotopic (exact) mass is 203 g/mol. The van der Waals surface area contributed by atoms with Crippen molar-refractivity contribution in [2.45, 2.75) is 0 Å². The van der Waals surface area contributed by atoms with E-state index in [9.17, 15) is 9.59 Å². The molecule has 4 heteroatoms. The zero-order valence-corrected chi connectivity index (χ0v) is 8.11. The van der Waals surface area contributed by atoms with Crippen molar-refractivity contribution in [2.75, 3.05) is 12.4 Å². The molecule has 0 aliphatic rings. The number of ether oxygens (including phenoxy) is 1. The van der Waals surface area contributed by atoms with E-state index < -0.39 is 10.9 Å². The highest BCUT2D eigenvalue weighted by Gasteiger charge is 2.21. The van der Waals surface area contributed by atoms with Gasteiger partial charge in [-0.2, -0.15) is 0 Å². The van der Waals surface area contributed by atoms with Crippen LogP contribution in [0.2, 0.25) is 0 Å². The molecule has 0 saturated carbocycles. The second kappa shape index (κ2) is 3.57. The molecule has 0 radical (unpaired) electrons. The number of hydrogen-bond acceptors (Lipinski definition) is 4. The van der Waals surface area contributed by atoms with Gasteiger partial charge in [-0.25, -0.2) is 0 Å². The van der Waals surface area contributed by atoms with E-state index in [1.54, 1.807) is 12.1 Å². The molecule has 0 aliphatic carbocycles. The van der Waals surface area contributed by atoms with Crippen molar-refractivity contribution in [1.82, 2.24) is 0 Å². The van der Waals surface area contributed by atoms with Crippen LogP contribution in [0.15, 0.2) is 39.9 Å². The van der Waals surface area contributed by atoms with Crippen molar-refractivity contribution in [3.05, 3.63) is 50.8 Å². The highest BCUT2D eigenvalue weighted by Crippen LogP contribution is 2.21. The lowest BCUT2D eigenvalue weighted by Crippen LogP contribution is -2.34. The van der Waals surface area contributed by atoms with E-state index in [0.717, 1.165) is 5.69 Å². The molecule has 0 bridgehead atoms. The van der Waals surface area contributed by atoms with Gasteiger partial charge < -0.3 is 10.1 Å². The molecule has 0 fully saturated rings. The van der Waals surface area contributed by atoms with Crippen LogP contribution in [0.5, 0.6) is 5.75 Å². The van der Waals surface area contributed by atoms with Crippen LogP contribution in [0.4, 0.5) is 11.4 Å². The van der Waals surface area contributed by atoms with Crippen LogP contribution in [-0.2, 0) is 0 Å². The predicted molar refractivity (Wildman–Crippen MR) is 57.6 cm³/mol. The third-order valence-corrected chi connectivity index (χ3v) is 2.11. The van der Waals surface area contributed by atoms with Gasteiger partial charge in [0.05, 0.1) is 7.11 Å². The average molecular weight is 203 g/mol. The predicted octanol–water partition coefficient (Wildman–Crippen LogP) is 1.03. The van der Waals surface area contributed by atoms with Crippen LogP contribution >= 0.6 is 0 Å². The first kappa shape index (κ1) is 9.45. The minimum atomic E-state index is -0.573. The molecular weight excluding hydrogens is 194 g/mol. The Morgan fingerprint density at radius 1 is 1.07 bits per heavy atom. The minimum Gasteiger partial charge on any atom is -0.491 e.